The molecule has 0 radical (unpaired) electrons. The standard InChI is InChI=1S/C20H24N2O2S2/c1-12-14(20(21)23)3-4-16(25-18-6-5-17(24-2)26-18)19(12)15-11-22-9-7-13(15)8-10-22/h3-6,13,15H,7-11H2,1-2H3,(H2,21,23). The van der Waals surface area contributed by atoms with Gasteiger partial charge in [-0.2, -0.15) is 0 Å². The number of nitrogens with zero attached hydrogens (tertiary/aromatic N) is 1. The highest BCUT2D eigenvalue weighted by atomic mass is 32.2. The quantitative estimate of drug-likeness (QED) is 0.837. The Balaban J connectivity index is 1.75. The van der Waals surface area contributed by atoms with Crippen LogP contribution >= 0.6 is 23.1 Å². The number of nitrogens with two attached hydrogens (primary N) is 1. The van der Waals surface area contributed by atoms with Crippen molar-refractivity contribution in [2.75, 3.05) is 26.7 Å². The lowest BCUT2D eigenvalue weighted by molar-refractivity contribution is 0.0857. The Morgan fingerprint density at radius 2 is 2.04 bits per heavy atom. The van der Waals surface area contributed by atoms with Gasteiger partial charge in [0.2, 0.25) is 5.91 Å². The molecule has 3 aliphatic heterocycles. The lowest BCUT2D eigenvalue weighted by Crippen LogP contribution is -2.46. The molecule has 1 atom stereocenters. The summed E-state index contributed by atoms with van der Waals surface area (Å²) in [6.45, 7) is 5.57. The second kappa shape index (κ2) is 7.25. The molecule has 3 aliphatic rings. The minimum Gasteiger partial charge on any atom is -0.487 e. The van der Waals surface area contributed by atoms with E-state index in [1.807, 2.05) is 12.1 Å². The minimum atomic E-state index is -0.334. The average Bonchev–Trinajstić information content (AvgIpc) is 3.10. The van der Waals surface area contributed by atoms with E-state index in [1.165, 1.54) is 40.6 Å². The van der Waals surface area contributed by atoms with E-state index in [0.29, 0.717) is 17.4 Å². The van der Waals surface area contributed by atoms with Crippen LogP contribution in [0.4, 0.5) is 0 Å². The Morgan fingerprint density at radius 3 is 2.62 bits per heavy atom. The predicted molar refractivity (Wildman–Crippen MR) is 107 cm³/mol. The second-order valence-electron chi connectivity index (χ2n) is 7.14. The molecule has 0 spiro atoms. The van der Waals surface area contributed by atoms with Gasteiger partial charge in [0.05, 0.1) is 11.3 Å². The Hall–Kier alpha value is -1.50. The number of amides is 1. The molecule has 1 amide bonds. The second-order valence-corrected chi connectivity index (χ2v) is 9.53. The van der Waals surface area contributed by atoms with E-state index in [-0.39, 0.29) is 5.91 Å². The van der Waals surface area contributed by atoms with Crippen LogP contribution in [0.1, 0.15) is 40.2 Å². The number of ether oxygens (including phenoxy) is 1. The maximum absolute atomic E-state index is 11.9. The first-order valence-electron chi connectivity index (χ1n) is 9.04. The van der Waals surface area contributed by atoms with Crippen LogP contribution in [0.3, 0.4) is 0 Å². The summed E-state index contributed by atoms with van der Waals surface area (Å²) in [7, 11) is 1.70. The topological polar surface area (TPSA) is 55.6 Å². The minimum absolute atomic E-state index is 0.334. The average molecular weight is 389 g/mol. The number of piperidine rings is 3. The van der Waals surface area contributed by atoms with Gasteiger partial charge < -0.3 is 15.4 Å². The third-order valence-corrected chi connectivity index (χ3v) is 7.99. The SMILES string of the molecule is COc1ccc(Sc2ccc(C(N)=O)c(C)c2C2CN3CCC2CC3)s1. The summed E-state index contributed by atoms with van der Waals surface area (Å²) < 4.78 is 6.54. The van der Waals surface area contributed by atoms with Crippen LogP contribution in [0.15, 0.2) is 33.4 Å². The molecule has 3 saturated heterocycles. The van der Waals surface area contributed by atoms with Gasteiger partial charge in [0.15, 0.2) is 5.06 Å². The summed E-state index contributed by atoms with van der Waals surface area (Å²) in [6, 6.07) is 8.07. The third kappa shape index (κ3) is 3.26. The van der Waals surface area contributed by atoms with Crippen molar-refractivity contribution >= 4 is 29.0 Å². The maximum Gasteiger partial charge on any atom is 0.248 e. The van der Waals surface area contributed by atoms with Crippen LogP contribution in [-0.2, 0) is 0 Å². The molecule has 3 fully saturated rings. The molecule has 26 heavy (non-hydrogen) atoms. The molecule has 2 bridgehead atoms. The van der Waals surface area contributed by atoms with Gasteiger partial charge >= 0.3 is 0 Å². The lowest BCUT2D eigenvalue weighted by atomic mass is 9.74. The fourth-order valence-corrected chi connectivity index (χ4v) is 6.53. The number of hydrogen-bond acceptors (Lipinski definition) is 5. The highest BCUT2D eigenvalue weighted by molar-refractivity contribution is 8.01. The van der Waals surface area contributed by atoms with Gasteiger partial charge in [-0.05, 0) is 74.2 Å². The summed E-state index contributed by atoms with van der Waals surface area (Å²) in [4.78, 5) is 15.7. The van der Waals surface area contributed by atoms with Gasteiger partial charge in [0.25, 0.3) is 0 Å². The highest BCUT2D eigenvalue weighted by Crippen LogP contribution is 2.46. The lowest BCUT2D eigenvalue weighted by Gasteiger charge is -2.46. The van der Waals surface area contributed by atoms with Crippen LogP contribution in [0.2, 0.25) is 0 Å². The van der Waals surface area contributed by atoms with Gasteiger partial charge in [0, 0.05) is 22.9 Å². The number of rotatable bonds is 5. The van der Waals surface area contributed by atoms with Crippen LogP contribution < -0.4 is 10.5 Å². The number of primary amides is 1. The first kappa shape index (κ1) is 17.9. The zero-order valence-electron chi connectivity index (χ0n) is 15.2. The summed E-state index contributed by atoms with van der Waals surface area (Å²) in [5.41, 5.74) is 8.69. The number of methoxy groups -OCH3 is 1. The maximum atomic E-state index is 11.9. The summed E-state index contributed by atoms with van der Waals surface area (Å²) >= 11 is 3.43. The number of thiophene rings is 1. The Morgan fingerprint density at radius 1 is 1.27 bits per heavy atom. The summed E-state index contributed by atoms with van der Waals surface area (Å²) in [6.07, 6.45) is 2.50. The van der Waals surface area contributed by atoms with E-state index in [4.69, 9.17) is 10.5 Å². The number of fused-ring (bicyclic) bond motifs is 3. The van der Waals surface area contributed by atoms with Gasteiger partial charge in [-0.15, -0.1) is 0 Å². The van der Waals surface area contributed by atoms with Gasteiger partial charge in [-0.3, -0.25) is 4.79 Å². The highest BCUT2D eigenvalue weighted by Gasteiger charge is 2.37. The van der Waals surface area contributed by atoms with Crippen molar-refractivity contribution in [3.8, 4) is 5.06 Å². The fourth-order valence-electron chi connectivity index (χ4n) is 4.39. The van der Waals surface area contributed by atoms with Crippen molar-refractivity contribution < 1.29 is 9.53 Å². The molecule has 4 heterocycles. The first-order valence-corrected chi connectivity index (χ1v) is 10.7. The molecule has 5 rings (SSSR count). The molecule has 1 aromatic heterocycles. The monoisotopic (exact) mass is 388 g/mol. The molecular formula is C20H24N2O2S2. The third-order valence-electron chi connectivity index (χ3n) is 5.74. The van der Waals surface area contributed by atoms with E-state index in [2.05, 4.69) is 24.0 Å². The molecular weight excluding hydrogens is 364 g/mol. The smallest absolute Gasteiger partial charge is 0.248 e. The first-order chi connectivity index (χ1) is 12.6. The van der Waals surface area contributed by atoms with Gasteiger partial charge in [-0.25, -0.2) is 0 Å². The number of carbonyl (C=O) groups excluding carboxylic acids is 1. The molecule has 0 aliphatic carbocycles. The summed E-state index contributed by atoms with van der Waals surface area (Å²) in [5, 5.41) is 0.919. The van der Waals surface area contributed by atoms with E-state index in [1.54, 1.807) is 30.2 Å². The van der Waals surface area contributed by atoms with Gasteiger partial charge in [-0.1, -0.05) is 23.1 Å². The van der Waals surface area contributed by atoms with Crippen molar-refractivity contribution in [2.45, 2.75) is 34.8 Å². The fraction of sp³-hybridized carbons (Fsp3) is 0.450. The van der Waals surface area contributed by atoms with Crippen molar-refractivity contribution in [2.24, 2.45) is 11.7 Å². The Labute approximate surface area is 162 Å². The molecule has 4 nitrogen and oxygen atoms in total. The van der Waals surface area contributed by atoms with Crippen LogP contribution in [0.25, 0.3) is 0 Å². The van der Waals surface area contributed by atoms with Crippen molar-refractivity contribution in [1.82, 2.24) is 4.90 Å². The molecule has 1 aromatic carbocycles. The van der Waals surface area contributed by atoms with E-state index >= 15 is 0 Å². The zero-order chi connectivity index (χ0) is 18.3. The number of hydrogen-bond donors (Lipinski definition) is 1. The Bertz CT molecular complexity index is 825. The van der Waals surface area contributed by atoms with Crippen LogP contribution in [0.5, 0.6) is 5.06 Å². The van der Waals surface area contributed by atoms with Crippen molar-refractivity contribution in [3.05, 3.63) is 41.0 Å². The van der Waals surface area contributed by atoms with Crippen molar-refractivity contribution in [1.29, 1.82) is 0 Å². The molecule has 2 aromatic rings. The zero-order valence-corrected chi connectivity index (χ0v) is 16.8. The van der Waals surface area contributed by atoms with Crippen LogP contribution in [-0.4, -0.2) is 37.6 Å². The van der Waals surface area contributed by atoms with E-state index in [9.17, 15) is 4.79 Å². The summed E-state index contributed by atoms with van der Waals surface area (Å²) in [5.74, 6) is 0.861. The molecule has 1 unspecified atom stereocenters. The van der Waals surface area contributed by atoms with Gasteiger partial charge in [0.1, 0.15) is 0 Å². The normalized spacial score (nSPS) is 24.6. The van der Waals surface area contributed by atoms with Crippen LogP contribution in [0, 0.1) is 12.8 Å². The van der Waals surface area contributed by atoms with Crippen molar-refractivity contribution in [3.63, 3.8) is 0 Å². The van der Waals surface area contributed by atoms with E-state index in [0.717, 1.165) is 17.2 Å². The molecule has 6 heteroatoms. The molecule has 0 saturated carbocycles. The number of carbonyl (C=O) groups is 1. The molecule has 2 N–H and O–H groups in total. The molecule has 138 valence electrons. The van der Waals surface area contributed by atoms with E-state index < -0.39 is 0 Å². The Kier molecular flexibility index (Phi) is 4.99. The largest absolute Gasteiger partial charge is 0.487 e. The number of benzene rings is 1. The predicted octanol–water partition coefficient (Wildman–Crippen LogP) is 4.12.